The van der Waals surface area contributed by atoms with E-state index in [0.717, 1.165) is 16.9 Å². The Bertz CT molecular complexity index is 1190. The molecule has 0 spiro atoms. The Morgan fingerprint density at radius 1 is 0.889 bits per heavy atom. The van der Waals surface area contributed by atoms with E-state index in [4.69, 9.17) is 23.7 Å². The molecule has 3 aromatic rings. The Hall–Kier alpha value is -3.87. The molecule has 0 aliphatic carbocycles. The van der Waals surface area contributed by atoms with Crippen LogP contribution in [0, 0.1) is 0 Å². The number of benzene rings is 3. The zero-order valence-electron chi connectivity index (χ0n) is 21.4. The molecule has 190 valence electrons. The van der Waals surface area contributed by atoms with Crippen LogP contribution in [-0.4, -0.2) is 51.4 Å². The third-order valence-corrected chi connectivity index (χ3v) is 6.20. The summed E-state index contributed by atoms with van der Waals surface area (Å²) >= 11 is 0. The molecule has 0 fully saturated rings. The van der Waals surface area contributed by atoms with Gasteiger partial charge in [-0.3, -0.25) is 4.79 Å². The molecule has 0 saturated heterocycles. The minimum Gasteiger partial charge on any atom is -0.493 e. The lowest BCUT2D eigenvalue weighted by molar-refractivity contribution is 0.0587. The molecule has 7 heteroatoms. The lowest BCUT2D eigenvalue weighted by atomic mass is 9.91. The van der Waals surface area contributed by atoms with E-state index in [1.165, 1.54) is 0 Å². The summed E-state index contributed by atoms with van der Waals surface area (Å²) in [5.74, 6) is 3.21. The van der Waals surface area contributed by atoms with E-state index in [1.54, 1.807) is 21.3 Å². The molecule has 7 nitrogen and oxygen atoms in total. The third kappa shape index (κ3) is 5.35. The number of ether oxygens (including phenoxy) is 5. The lowest BCUT2D eigenvalue weighted by Gasteiger charge is -2.37. The highest BCUT2D eigenvalue weighted by atomic mass is 16.5. The number of carbonyl (C=O) groups is 1. The summed E-state index contributed by atoms with van der Waals surface area (Å²) < 4.78 is 28.5. The molecule has 0 radical (unpaired) electrons. The number of hydrogen-bond acceptors (Lipinski definition) is 6. The molecule has 0 aromatic heterocycles. The van der Waals surface area contributed by atoms with Crippen molar-refractivity contribution in [3.8, 4) is 28.7 Å². The Morgan fingerprint density at radius 2 is 1.53 bits per heavy atom. The van der Waals surface area contributed by atoms with E-state index in [1.807, 2.05) is 79.4 Å². The molecule has 1 heterocycles. The second-order valence-electron chi connectivity index (χ2n) is 8.82. The molecule has 0 unspecified atom stereocenters. The zero-order chi connectivity index (χ0) is 25.7. The van der Waals surface area contributed by atoms with Crippen LogP contribution in [0.15, 0.2) is 60.7 Å². The van der Waals surface area contributed by atoms with Gasteiger partial charge in [-0.05, 0) is 79.9 Å². The predicted molar refractivity (Wildman–Crippen MR) is 138 cm³/mol. The maximum absolute atomic E-state index is 13.7. The van der Waals surface area contributed by atoms with E-state index in [0.29, 0.717) is 41.5 Å². The van der Waals surface area contributed by atoms with Crippen LogP contribution in [-0.2, 0) is 6.42 Å². The van der Waals surface area contributed by atoms with Crippen molar-refractivity contribution in [2.45, 2.75) is 32.4 Å². The van der Waals surface area contributed by atoms with E-state index < -0.39 is 0 Å². The highest BCUT2D eigenvalue weighted by Crippen LogP contribution is 2.39. The van der Waals surface area contributed by atoms with Gasteiger partial charge in [0.15, 0.2) is 23.0 Å². The number of rotatable bonds is 9. The molecule has 4 rings (SSSR count). The van der Waals surface area contributed by atoms with E-state index in [2.05, 4.69) is 0 Å². The Morgan fingerprint density at radius 3 is 2.17 bits per heavy atom. The molecule has 1 atom stereocenters. The normalized spacial score (nSPS) is 14.7. The number of para-hydroxylation sites is 2. The van der Waals surface area contributed by atoms with Crippen LogP contribution in [0.5, 0.6) is 28.7 Å². The van der Waals surface area contributed by atoms with Crippen molar-refractivity contribution in [2.75, 3.05) is 34.5 Å². The summed E-state index contributed by atoms with van der Waals surface area (Å²) in [5, 5.41) is 0. The quantitative estimate of drug-likeness (QED) is 0.404. The van der Waals surface area contributed by atoms with Crippen molar-refractivity contribution in [2.24, 2.45) is 0 Å². The summed E-state index contributed by atoms with van der Waals surface area (Å²) in [6.45, 7) is 4.74. The topological polar surface area (TPSA) is 66.5 Å². The van der Waals surface area contributed by atoms with Gasteiger partial charge in [-0.15, -0.1) is 0 Å². The summed E-state index contributed by atoms with van der Waals surface area (Å²) in [6.07, 6.45) is 0.759. The van der Waals surface area contributed by atoms with Crippen LogP contribution >= 0.6 is 0 Å². The monoisotopic (exact) mass is 491 g/mol. The summed E-state index contributed by atoms with van der Waals surface area (Å²) in [6, 6.07) is 18.4. The largest absolute Gasteiger partial charge is 0.493 e. The SMILES string of the molecule is COc1cc2c(cc1OC)[C@@H](COc1ccccc1OC)N(C(=O)c1ccc(OC(C)C)cc1)CC2. The molecule has 0 N–H and O–H groups in total. The van der Waals surface area contributed by atoms with Gasteiger partial charge in [0.25, 0.3) is 5.91 Å². The number of amides is 1. The molecule has 1 aliphatic heterocycles. The number of hydrogen-bond donors (Lipinski definition) is 0. The van der Waals surface area contributed by atoms with Crippen LogP contribution in [0.1, 0.15) is 41.4 Å². The van der Waals surface area contributed by atoms with Crippen LogP contribution in [0.4, 0.5) is 0 Å². The third-order valence-electron chi connectivity index (χ3n) is 6.20. The molecule has 0 saturated carbocycles. The van der Waals surface area contributed by atoms with Crippen LogP contribution in [0.25, 0.3) is 0 Å². The first-order chi connectivity index (χ1) is 17.4. The van der Waals surface area contributed by atoms with Gasteiger partial charge in [-0.1, -0.05) is 12.1 Å². The van der Waals surface area contributed by atoms with Gasteiger partial charge in [0.05, 0.1) is 33.5 Å². The number of methoxy groups -OCH3 is 3. The van der Waals surface area contributed by atoms with Gasteiger partial charge < -0.3 is 28.6 Å². The zero-order valence-corrected chi connectivity index (χ0v) is 21.4. The minimum atomic E-state index is -0.336. The smallest absolute Gasteiger partial charge is 0.254 e. The van der Waals surface area contributed by atoms with Crippen LogP contribution < -0.4 is 23.7 Å². The van der Waals surface area contributed by atoms with E-state index >= 15 is 0 Å². The van der Waals surface area contributed by atoms with E-state index in [9.17, 15) is 4.79 Å². The average Bonchev–Trinajstić information content (AvgIpc) is 2.90. The first kappa shape index (κ1) is 25.2. The summed E-state index contributed by atoms with van der Waals surface area (Å²) in [7, 11) is 4.84. The fourth-order valence-electron chi connectivity index (χ4n) is 4.47. The fourth-order valence-corrected chi connectivity index (χ4v) is 4.47. The maximum Gasteiger partial charge on any atom is 0.254 e. The average molecular weight is 492 g/mol. The van der Waals surface area contributed by atoms with Gasteiger partial charge in [-0.2, -0.15) is 0 Å². The predicted octanol–water partition coefficient (Wildman–Crippen LogP) is 5.32. The Balaban J connectivity index is 1.67. The second kappa shape index (κ2) is 11.2. The van der Waals surface area contributed by atoms with Gasteiger partial charge in [-0.25, -0.2) is 0 Å². The molecule has 3 aromatic carbocycles. The molecule has 1 aliphatic rings. The van der Waals surface area contributed by atoms with Crippen molar-refractivity contribution in [3.63, 3.8) is 0 Å². The highest BCUT2D eigenvalue weighted by Gasteiger charge is 2.33. The van der Waals surface area contributed by atoms with Crippen LogP contribution in [0.2, 0.25) is 0 Å². The number of nitrogens with zero attached hydrogens (tertiary/aromatic N) is 1. The van der Waals surface area contributed by atoms with Gasteiger partial charge in [0, 0.05) is 12.1 Å². The Kier molecular flexibility index (Phi) is 7.88. The van der Waals surface area contributed by atoms with Gasteiger partial charge in [0.2, 0.25) is 0 Å². The van der Waals surface area contributed by atoms with Crippen molar-refractivity contribution >= 4 is 5.91 Å². The summed E-state index contributed by atoms with van der Waals surface area (Å²) in [4.78, 5) is 15.6. The molecule has 1 amide bonds. The summed E-state index contributed by atoms with van der Waals surface area (Å²) in [5.41, 5.74) is 2.67. The van der Waals surface area contributed by atoms with Crippen molar-refractivity contribution < 1.29 is 28.5 Å². The first-order valence-electron chi connectivity index (χ1n) is 12.0. The van der Waals surface area contributed by atoms with Crippen molar-refractivity contribution in [1.82, 2.24) is 4.90 Å². The lowest BCUT2D eigenvalue weighted by Crippen LogP contribution is -2.42. The molecular formula is C29H33NO6. The fraction of sp³-hybridized carbons (Fsp3) is 0.345. The minimum absolute atomic E-state index is 0.0635. The molecular weight excluding hydrogens is 458 g/mol. The number of carbonyl (C=O) groups excluding carboxylic acids is 1. The molecule has 0 bridgehead atoms. The Labute approximate surface area is 212 Å². The van der Waals surface area contributed by atoms with Crippen molar-refractivity contribution in [1.29, 1.82) is 0 Å². The maximum atomic E-state index is 13.7. The first-order valence-corrected chi connectivity index (χ1v) is 12.0. The highest BCUT2D eigenvalue weighted by molar-refractivity contribution is 5.95. The van der Waals surface area contributed by atoms with E-state index in [-0.39, 0.29) is 24.7 Å². The van der Waals surface area contributed by atoms with Gasteiger partial charge >= 0.3 is 0 Å². The molecule has 36 heavy (non-hydrogen) atoms. The standard InChI is InChI=1S/C29H33NO6/c1-19(2)36-22-12-10-20(11-13-22)29(31)30-15-14-21-16-27(33-4)28(34-5)17-23(21)24(30)18-35-26-9-7-6-8-25(26)32-3/h6-13,16-17,19,24H,14-15,18H2,1-5H3/t24-/m1/s1. The second-order valence-corrected chi connectivity index (χ2v) is 8.82. The van der Waals surface area contributed by atoms with Gasteiger partial charge in [0.1, 0.15) is 12.4 Å². The van der Waals surface area contributed by atoms with Crippen LogP contribution in [0.3, 0.4) is 0 Å². The number of fused-ring (bicyclic) bond motifs is 1. The van der Waals surface area contributed by atoms with Crippen molar-refractivity contribution in [3.05, 3.63) is 77.4 Å².